The lowest BCUT2D eigenvalue weighted by atomic mass is 9.94. The number of nitrogen functional groups attached to an aromatic ring is 1. The molecule has 2 rings (SSSR count). The fourth-order valence-corrected chi connectivity index (χ4v) is 2.13. The number of rotatable bonds is 2. The summed E-state index contributed by atoms with van der Waals surface area (Å²) >= 11 is 5.88. The lowest BCUT2D eigenvalue weighted by Gasteiger charge is -2.32. The molecule has 2 heterocycles. The van der Waals surface area contributed by atoms with Crippen LogP contribution in [0.1, 0.15) is 19.4 Å². The summed E-state index contributed by atoms with van der Waals surface area (Å²) in [5.74, 6) is -0.632. The van der Waals surface area contributed by atoms with Gasteiger partial charge in [-0.05, 0) is 6.07 Å². The number of halogens is 1. The fourth-order valence-electron chi connectivity index (χ4n) is 1.97. The van der Waals surface area contributed by atoms with E-state index in [0.717, 1.165) is 5.56 Å². The van der Waals surface area contributed by atoms with Crippen LogP contribution in [0.3, 0.4) is 0 Å². The van der Waals surface area contributed by atoms with E-state index in [0.29, 0.717) is 24.1 Å². The van der Waals surface area contributed by atoms with E-state index in [1.807, 2.05) is 13.8 Å². The van der Waals surface area contributed by atoms with Crippen molar-refractivity contribution in [3.05, 3.63) is 23.0 Å². The van der Waals surface area contributed by atoms with Crippen molar-refractivity contribution in [2.45, 2.75) is 19.6 Å². The molecule has 1 aromatic heterocycles. The summed E-state index contributed by atoms with van der Waals surface area (Å²) in [6.07, 6.45) is 1.53. The van der Waals surface area contributed by atoms with Crippen molar-refractivity contribution in [2.24, 2.45) is 5.92 Å². The highest BCUT2D eigenvalue weighted by Crippen LogP contribution is 2.41. The summed E-state index contributed by atoms with van der Waals surface area (Å²) in [6, 6.07) is 1.71. The highest BCUT2D eigenvalue weighted by Gasteiger charge is 2.43. The van der Waals surface area contributed by atoms with Crippen molar-refractivity contribution in [2.75, 3.05) is 18.9 Å². The Morgan fingerprint density at radius 3 is 2.62 bits per heavy atom. The average Bonchev–Trinajstić information content (AvgIpc) is 2.71. The van der Waals surface area contributed by atoms with Crippen molar-refractivity contribution in [1.29, 1.82) is 0 Å². The van der Waals surface area contributed by atoms with Gasteiger partial charge in [-0.15, -0.1) is 0 Å². The first kappa shape index (κ1) is 11.6. The van der Waals surface area contributed by atoms with E-state index >= 15 is 0 Å². The quantitative estimate of drug-likeness (QED) is 0.808. The van der Waals surface area contributed by atoms with Gasteiger partial charge in [-0.1, -0.05) is 25.4 Å². The minimum atomic E-state index is -0.781. The Morgan fingerprint density at radius 2 is 2.06 bits per heavy atom. The lowest BCUT2D eigenvalue weighted by Crippen LogP contribution is -2.34. The predicted molar refractivity (Wildman–Crippen MR) is 62.1 cm³/mol. The van der Waals surface area contributed by atoms with E-state index in [1.165, 1.54) is 6.20 Å². The molecule has 5 heteroatoms. The highest BCUT2D eigenvalue weighted by molar-refractivity contribution is 6.29. The molecule has 0 amide bonds. The van der Waals surface area contributed by atoms with Crippen molar-refractivity contribution < 1.29 is 9.47 Å². The van der Waals surface area contributed by atoms with Gasteiger partial charge in [-0.25, -0.2) is 4.98 Å². The van der Waals surface area contributed by atoms with Crippen LogP contribution < -0.4 is 5.73 Å². The third-order valence-electron chi connectivity index (χ3n) is 2.75. The molecule has 1 aromatic rings. The lowest BCUT2D eigenvalue weighted by molar-refractivity contribution is -0.196. The van der Waals surface area contributed by atoms with E-state index in [4.69, 9.17) is 26.8 Å². The summed E-state index contributed by atoms with van der Waals surface area (Å²) in [6.45, 7) is 5.19. The zero-order valence-electron chi connectivity index (χ0n) is 9.37. The molecule has 0 aromatic carbocycles. The van der Waals surface area contributed by atoms with Gasteiger partial charge in [0.15, 0.2) is 5.79 Å². The van der Waals surface area contributed by atoms with Crippen molar-refractivity contribution in [3.8, 4) is 0 Å². The number of nitrogens with two attached hydrogens (primary N) is 1. The van der Waals surface area contributed by atoms with E-state index in [9.17, 15) is 0 Å². The van der Waals surface area contributed by atoms with Gasteiger partial charge in [0.25, 0.3) is 0 Å². The second kappa shape index (κ2) is 4.20. The minimum absolute atomic E-state index is 0.149. The van der Waals surface area contributed by atoms with Crippen molar-refractivity contribution >= 4 is 17.3 Å². The second-order valence-corrected chi connectivity index (χ2v) is 4.50. The Hall–Kier alpha value is -0.840. The fraction of sp³-hybridized carbons (Fsp3) is 0.545. The second-order valence-electron chi connectivity index (χ2n) is 4.11. The number of pyridine rings is 1. The van der Waals surface area contributed by atoms with Gasteiger partial charge in [0.2, 0.25) is 0 Å². The standard InChI is InChI=1S/C11H15ClN2O2/c1-7(2)11(15-3-4-16-11)8-5-10(12)14-6-9(8)13/h5-7H,3-4,13H2,1-2H3. The van der Waals surface area contributed by atoms with Crippen LogP contribution >= 0.6 is 11.6 Å². The van der Waals surface area contributed by atoms with E-state index in [1.54, 1.807) is 6.07 Å². The van der Waals surface area contributed by atoms with Crippen LogP contribution in [0.5, 0.6) is 0 Å². The van der Waals surface area contributed by atoms with Crippen LogP contribution in [0.25, 0.3) is 0 Å². The number of hydrogen-bond donors (Lipinski definition) is 1. The Balaban J connectivity index is 2.50. The summed E-state index contributed by atoms with van der Waals surface area (Å²) in [4.78, 5) is 3.93. The molecule has 0 radical (unpaired) electrons. The van der Waals surface area contributed by atoms with Crippen LogP contribution in [0.2, 0.25) is 5.15 Å². The monoisotopic (exact) mass is 242 g/mol. The SMILES string of the molecule is CC(C)C1(c2cc(Cl)ncc2N)OCCO1. The summed E-state index contributed by atoms with van der Waals surface area (Å²) < 4.78 is 11.5. The maximum absolute atomic E-state index is 5.91. The number of ether oxygens (including phenoxy) is 2. The summed E-state index contributed by atoms with van der Waals surface area (Å²) in [7, 11) is 0. The van der Waals surface area contributed by atoms with Crippen molar-refractivity contribution in [1.82, 2.24) is 4.98 Å². The van der Waals surface area contributed by atoms with Gasteiger partial charge in [-0.2, -0.15) is 0 Å². The molecule has 0 unspecified atom stereocenters. The molecule has 0 bridgehead atoms. The Morgan fingerprint density at radius 1 is 1.44 bits per heavy atom. The minimum Gasteiger partial charge on any atom is -0.397 e. The van der Waals surface area contributed by atoms with E-state index in [2.05, 4.69) is 4.98 Å². The van der Waals surface area contributed by atoms with Gasteiger partial charge in [0, 0.05) is 11.5 Å². The molecule has 1 fully saturated rings. The Kier molecular flexibility index (Phi) is 3.06. The highest BCUT2D eigenvalue weighted by atomic mass is 35.5. The largest absolute Gasteiger partial charge is 0.397 e. The van der Waals surface area contributed by atoms with Gasteiger partial charge in [-0.3, -0.25) is 0 Å². The maximum atomic E-state index is 5.91. The molecule has 16 heavy (non-hydrogen) atoms. The first-order valence-electron chi connectivity index (χ1n) is 5.25. The molecule has 4 nitrogen and oxygen atoms in total. The van der Waals surface area contributed by atoms with Crippen LogP contribution in [0.4, 0.5) is 5.69 Å². The van der Waals surface area contributed by atoms with Crippen LogP contribution in [-0.4, -0.2) is 18.2 Å². The molecule has 88 valence electrons. The molecule has 0 saturated carbocycles. The molecule has 0 atom stereocenters. The maximum Gasteiger partial charge on any atom is 0.199 e. The molecule has 1 aliphatic heterocycles. The van der Waals surface area contributed by atoms with E-state index in [-0.39, 0.29) is 5.92 Å². The molecular weight excluding hydrogens is 228 g/mol. The molecule has 0 aliphatic carbocycles. The van der Waals surface area contributed by atoms with E-state index < -0.39 is 5.79 Å². The first-order valence-corrected chi connectivity index (χ1v) is 5.63. The number of nitrogens with zero attached hydrogens (tertiary/aromatic N) is 1. The van der Waals surface area contributed by atoms with Crippen molar-refractivity contribution in [3.63, 3.8) is 0 Å². The van der Waals surface area contributed by atoms with Crippen LogP contribution in [0, 0.1) is 5.92 Å². The topological polar surface area (TPSA) is 57.4 Å². The number of hydrogen-bond acceptors (Lipinski definition) is 4. The van der Waals surface area contributed by atoms with Crippen LogP contribution in [-0.2, 0) is 15.3 Å². The smallest absolute Gasteiger partial charge is 0.199 e. The predicted octanol–water partition coefficient (Wildman–Crippen LogP) is 2.17. The van der Waals surface area contributed by atoms with Gasteiger partial charge in [0.1, 0.15) is 5.15 Å². The third-order valence-corrected chi connectivity index (χ3v) is 2.96. The molecule has 1 aliphatic rings. The molecule has 0 spiro atoms. The van der Waals surface area contributed by atoms with Gasteiger partial charge >= 0.3 is 0 Å². The molecule has 1 saturated heterocycles. The average molecular weight is 243 g/mol. The Labute approximate surface area is 99.7 Å². The van der Waals surface area contributed by atoms with Gasteiger partial charge < -0.3 is 15.2 Å². The van der Waals surface area contributed by atoms with Crippen LogP contribution in [0.15, 0.2) is 12.3 Å². The zero-order chi connectivity index (χ0) is 11.8. The summed E-state index contributed by atoms with van der Waals surface area (Å²) in [5.41, 5.74) is 7.22. The molecular formula is C11H15ClN2O2. The normalized spacial score (nSPS) is 19.2. The number of anilines is 1. The van der Waals surface area contributed by atoms with Gasteiger partial charge in [0.05, 0.1) is 25.1 Å². The Bertz CT molecular complexity index is 390. The first-order chi connectivity index (χ1) is 7.56. The molecule has 2 N–H and O–H groups in total. The third kappa shape index (κ3) is 1.77. The summed E-state index contributed by atoms with van der Waals surface area (Å²) in [5, 5.41) is 0.392. The zero-order valence-corrected chi connectivity index (χ0v) is 10.1. The number of aromatic nitrogens is 1.